The van der Waals surface area contributed by atoms with Gasteiger partial charge in [-0.3, -0.25) is 4.79 Å². The Bertz CT molecular complexity index is 1230. The van der Waals surface area contributed by atoms with E-state index in [4.69, 9.17) is 4.74 Å². The molecule has 0 spiro atoms. The van der Waals surface area contributed by atoms with Crippen molar-refractivity contribution in [1.82, 2.24) is 10.4 Å². The van der Waals surface area contributed by atoms with Crippen LogP contribution in [0.5, 0.6) is 5.75 Å². The topological polar surface area (TPSA) is 63.6 Å². The first-order chi connectivity index (χ1) is 15.6. The molecule has 0 aliphatic rings. The third-order valence-corrected chi connectivity index (χ3v) is 5.98. The molecule has 1 heterocycles. The molecule has 1 aromatic heterocycles. The van der Waals surface area contributed by atoms with Crippen molar-refractivity contribution in [2.24, 2.45) is 5.10 Å². The van der Waals surface area contributed by atoms with Crippen LogP contribution in [-0.2, 0) is 6.61 Å². The molecule has 5 nitrogen and oxygen atoms in total. The molecule has 0 unspecified atom stereocenters. The van der Waals surface area contributed by atoms with Crippen molar-refractivity contribution >= 4 is 23.5 Å². The van der Waals surface area contributed by atoms with Gasteiger partial charge in [0.25, 0.3) is 5.91 Å². The van der Waals surface area contributed by atoms with Crippen molar-refractivity contribution in [2.75, 3.05) is 0 Å². The summed E-state index contributed by atoms with van der Waals surface area (Å²) in [4.78, 5) is 17.6. The van der Waals surface area contributed by atoms with Crippen LogP contribution in [0.1, 0.15) is 32.1 Å². The SMILES string of the molecule is Cc1cccc(COc2ccc(/C=N/NC(=O)c3sc(-c4ccccc4)nc3C)cc2)c1. The summed E-state index contributed by atoms with van der Waals surface area (Å²) in [6.07, 6.45) is 1.61. The maximum absolute atomic E-state index is 12.5. The van der Waals surface area contributed by atoms with Gasteiger partial charge in [-0.1, -0.05) is 60.2 Å². The lowest BCUT2D eigenvalue weighted by Crippen LogP contribution is -2.17. The van der Waals surface area contributed by atoms with Crippen LogP contribution in [0.2, 0.25) is 0 Å². The number of rotatable bonds is 7. The molecular formula is C26H23N3O2S. The van der Waals surface area contributed by atoms with Crippen LogP contribution < -0.4 is 10.2 Å². The molecule has 160 valence electrons. The first-order valence-electron chi connectivity index (χ1n) is 10.2. The molecule has 0 saturated carbocycles. The van der Waals surface area contributed by atoms with Crippen molar-refractivity contribution in [1.29, 1.82) is 0 Å². The summed E-state index contributed by atoms with van der Waals surface area (Å²) < 4.78 is 5.83. The van der Waals surface area contributed by atoms with Crippen molar-refractivity contribution in [3.05, 3.63) is 106 Å². The third-order valence-electron chi connectivity index (χ3n) is 4.77. The molecule has 0 bridgehead atoms. The number of aryl methyl sites for hydroxylation is 2. The highest BCUT2D eigenvalue weighted by Gasteiger charge is 2.15. The number of hydrogen-bond donors (Lipinski definition) is 1. The third kappa shape index (κ3) is 5.47. The quantitative estimate of drug-likeness (QED) is 0.292. The molecular weight excluding hydrogens is 418 g/mol. The van der Waals surface area contributed by atoms with E-state index >= 15 is 0 Å². The summed E-state index contributed by atoms with van der Waals surface area (Å²) in [5.74, 6) is 0.512. The van der Waals surface area contributed by atoms with Crippen LogP contribution in [0.3, 0.4) is 0 Å². The number of carbonyl (C=O) groups excluding carboxylic acids is 1. The van der Waals surface area contributed by atoms with E-state index in [1.807, 2.05) is 73.7 Å². The van der Waals surface area contributed by atoms with Gasteiger partial charge in [0.1, 0.15) is 22.2 Å². The number of benzene rings is 3. The summed E-state index contributed by atoms with van der Waals surface area (Å²) in [6, 6.07) is 25.6. The molecule has 0 aliphatic heterocycles. The summed E-state index contributed by atoms with van der Waals surface area (Å²) in [6.45, 7) is 4.41. The number of carbonyl (C=O) groups is 1. The zero-order chi connectivity index (χ0) is 22.3. The molecule has 4 rings (SSSR count). The molecule has 0 fully saturated rings. The second kappa shape index (κ2) is 10.0. The van der Waals surface area contributed by atoms with Gasteiger partial charge in [0, 0.05) is 5.56 Å². The maximum Gasteiger partial charge on any atom is 0.283 e. The molecule has 1 N–H and O–H groups in total. The van der Waals surface area contributed by atoms with Crippen LogP contribution >= 0.6 is 11.3 Å². The molecule has 0 atom stereocenters. The molecule has 0 radical (unpaired) electrons. The van der Waals surface area contributed by atoms with Crippen LogP contribution in [0.25, 0.3) is 10.6 Å². The lowest BCUT2D eigenvalue weighted by Gasteiger charge is -2.07. The zero-order valence-corrected chi connectivity index (χ0v) is 18.7. The molecule has 0 aliphatic carbocycles. The molecule has 3 aromatic carbocycles. The van der Waals surface area contributed by atoms with Crippen LogP contribution in [0.15, 0.2) is 84.0 Å². The monoisotopic (exact) mass is 441 g/mol. The first-order valence-corrected chi connectivity index (χ1v) is 11.0. The Balaban J connectivity index is 1.33. The summed E-state index contributed by atoms with van der Waals surface area (Å²) >= 11 is 1.36. The number of hydrazone groups is 1. The smallest absolute Gasteiger partial charge is 0.283 e. The van der Waals surface area contributed by atoms with Gasteiger partial charge in [-0.15, -0.1) is 11.3 Å². The van der Waals surface area contributed by atoms with Crippen molar-refractivity contribution in [2.45, 2.75) is 20.5 Å². The van der Waals surface area contributed by atoms with Crippen molar-refractivity contribution in [3.8, 4) is 16.3 Å². The van der Waals surface area contributed by atoms with Gasteiger partial charge >= 0.3 is 0 Å². The number of aromatic nitrogens is 1. The van der Waals surface area contributed by atoms with Gasteiger partial charge in [0.05, 0.1) is 11.9 Å². The van der Waals surface area contributed by atoms with Gasteiger partial charge < -0.3 is 4.74 Å². The van der Waals surface area contributed by atoms with E-state index in [0.29, 0.717) is 17.2 Å². The van der Waals surface area contributed by atoms with Gasteiger partial charge in [0.15, 0.2) is 0 Å². The second-order valence-electron chi connectivity index (χ2n) is 7.35. The van der Waals surface area contributed by atoms with E-state index in [9.17, 15) is 4.79 Å². The fraction of sp³-hybridized carbons (Fsp3) is 0.115. The lowest BCUT2D eigenvalue weighted by atomic mass is 10.1. The Morgan fingerprint density at radius 2 is 1.81 bits per heavy atom. The first kappa shape index (κ1) is 21.5. The number of nitrogens with zero attached hydrogens (tertiary/aromatic N) is 2. The van der Waals surface area contributed by atoms with Crippen molar-refractivity contribution in [3.63, 3.8) is 0 Å². The minimum atomic E-state index is -0.267. The number of ether oxygens (including phenoxy) is 1. The van der Waals surface area contributed by atoms with Crippen LogP contribution in [0, 0.1) is 13.8 Å². The van der Waals surface area contributed by atoms with Gasteiger partial charge in [-0.25, -0.2) is 10.4 Å². The Labute approximate surface area is 191 Å². The molecule has 6 heteroatoms. The summed E-state index contributed by atoms with van der Waals surface area (Å²) in [5, 5.41) is 4.91. The molecule has 0 saturated heterocycles. The maximum atomic E-state index is 12.5. The largest absolute Gasteiger partial charge is 0.489 e. The van der Waals surface area contributed by atoms with Gasteiger partial charge in [-0.05, 0) is 49.2 Å². The van der Waals surface area contributed by atoms with E-state index in [1.54, 1.807) is 6.21 Å². The standard InChI is InChI=1S/C26H23N3O2S/c1-18-7-6-8-21(15-18)17-31-23-13-11-20(12-14-23)16-27-29-25(30)24-19(2)28-26(32-24)22-9-4-3-5-10-22/h3-16H,17H2,1-2H3,(H,29,30)/b27-16+. The van der Waals surface area contributed by atoms with E-state index in [2.05, 4.69) is 34.6 Å². The average molecular weight is 442 g/mol. The normalized spacial score (nSPS) is 10.9. The highest BCUT2D eigenvalue weighted by molar-refractivity contribution is 7.17. The predicted molar refractivity (Wildman–Crippen MR) is 129 cm³/mol. The summed E-state index contributed by atoms with van der Waals surface area (Å²) in [7, 11) is 0. The average Bonchev–Trinajstić information content (AvgIpc) is 3.21. The Morgan fingerprint density at radius 3 is 2.56 bits per heavy atom. The lowest BCUT2D eigenvalue weighted by molar-refractivity contribution is 0.0958. The highest BCUT2D eigenvalue weighted by Crippen LogP contribution is 2.27. The minimum absolute atomic E-state index is 0.267. The van der Waals surface area contributed by atoms with E-state index < -0.39 is 0 Å². The van der Waals surface area contributed by atoms with E-state index in [1.165, 1.54) is 16.9 Å². The molecule has 4 aromatic rings. The van der Waals surface area contributed by atoms with Crippen molar-refractivity contribution < 1.29 is 9.53 Å². The molecule has 1 amide bonds. The Hall–Kier alpha value is -3.77. The van der Waals surface area contributed by atoms with Crippen LogP contribution in [-0.4, -0.2) is 17.1 Å². The summed E-state index contributed by atoms with van der Waals surface area (Å²) in [5.41, 5.74) is 7.48. The number of nitrogens with one attached hydrogen (secondary N) is 1. The van der Waals surface area contributed by atoms with E-state index in [-0.39, 0.29) is 5.91 Å². The minimum Gasteiger partial charge on any atom is -0.489 e. The number of amides is 1. The Morgan fingerprint density at radius 1 is 1.03 bits per heavy atom. The van der Waals surface area contributed by atoms with E-state index in [0.717, 1.165) is 27.4 Å². The van der Waals surface area contributed by atoms with Gasteiger partial charge in [-0.2, -0.15) is 5.10 Å². The second-order valence-corrected chi connectivity index (χ2v) is 8.34. The fourth-order valence-corrected chi connectivity index (χ4v) is 4.11. The fourth-order valence-electron chi connectivity index (χ4n) is 3.15. The number of hydrogen-bond acceptors (Lipinski definition) is 5. The zero-order valence-electron chi connectivity index (χ0n) is 17.9. The highest BCUT2D eigenvalue weighted by atomic mass is 32.1. The Kier molecular flexibility index (Phi) is 6.72. The number of thiazole rings is 1. The molecule has 32 heavy (non-hydrogen) atoms. The predicted octanol–water partition coefficient (Wildman–Crippen LogP) is 5.77. The van der Waals surface area contributed by atoms with Crippen LogP contribution in [0.4, 0.5) is 0 Å². The van der Waals surface area contributed by atoms with Gasteiger partial charge in [0.2, 0.25) is 0 Å².